The molecule has 0 aliphatic heterocycles. The number of nitrogens with one attached hydrogen (secondary N) is 1. The van der Waals surface area contributed by atoms with Crippen molar-refractivity contribution < 1.29 is 9.47 Å². The first-order chi connectivity index (χ1) is 7.12. The lowest BCUT2D eigenvalue weighted by atomic mass is 9.90. The van der Waals surface area contributed by atoms with E-state index in [2.05, 4.69) is 19.2 Å². The zero-order valence-electron chi connectivity index (χ0n) is 10.3. The van der Waals surface area contributed by atoms with Gasteiger partial charge in [-0.15, -0.1) is 0 Å². The van der Waals surface area contributed by atoms with Crippen molar-refractivity contribution in [2.75, 3.05) is 46.6 Å². The highest BCUT2D eigenvalue weighted by molar-refractivity contribution is 4.71. The van der Waals surface area contributed by atoms with Crippen LogP contribution in [0.4, 0.5) is 0 Å². The topological polar surface area (TPSA) is 56.5 Å². The van der Waals surface area contributed by atoms with Gasteiger partial charge in [0.1, 0.15) is 0 Å². The molecule has 4 heteroatoms. The number of nitrogens with two attached hydrogens (primary N) is 1. The molecule has 0 fully saturated rings. The Morgan fingerprint density at radius 3 is 2.53 bits per heavy atom. The van der Waals surface area contributed by atoms with E-state index in [-0.39, 0.29) is 5.41 Å². The van der Waals surface area contributed by atoms with E-state index >= 15 is 0 Å². The molecule has 0 atom stereocenters. The number of ether oxygens (including phenoxy) is 2. The Kier molecular flexibility index (Phi) is 9.00. The number of rotatable bonds is 10. The van der Waals surface area contributed by atoms with Crippen LogP contribution in [0.1, 0.15) is 20.3 Å². The van der Waals surface area contributed by atoms with Crippen molar-refractivity contribution in [3.05, 3.63) is 0 Å². The maximum atomic E-state index is 5.31. The van der Waals surface area contributed by atoms with Crippen LogP contribution in [0.25, 0.3) is 0 Å². The van der Waals surface area contributed by atoms with Crippen LogP contribution in [-0.4, -0.2) is 46.6 Å². The Balaban J connectivity index is 3.32. The predicted molar refractivity (Wildman–Crippen MR) is 63.0 cm³/mol. The van der Waals surface area contributed by atoms with Gasteiger partial charge in [0, 0.05) is 33.4 Å². The maximum absolute atomic E-state index is 5.31. The van der Waals surface area contributed by atoms with Crippen LogP contribution >= 0.6 is 0 Å². The maximum Gasteiger partial charge on any atom is 0.0591 e. The Morgan fingerprint density at radius 2 is 1.93 bits per heavy atom. The van der Waals surface area contributed by atoms with Crippen LogP contribution in [0.3, 0.4) is 0 Å². The average molecular weight is 218 g/mol. The lowest BCUT2D eigenvalue weighted by Gasteiger charge is -2.24. The minimum atomic E-state index is 0.282. The molecule has 0 heterocycles. The fourth-order valence-corrected chi connectivity index (χ4v) is 1.22. The second-order valence-corrected chi connectivity index (χ2v) is 4.48. The van der Waals surface area contributed by atoms with Crippen LogP contribution in [0, 0.1) is 5.41 Å². The lowest BCUT2D eigenvalue weighted by Crippen LogP contribution is -2.32. The van der Waals surface area contributed by atoms with Crippen molar-refractivity contribution >= 4 is 0 Å². The Bertz CT molecular complexity index is 141. The van der Waals surface area contributed by atoms with Gasteiger partial charge >= 0.3 is 0 Å². The molecular weight excluding hydrogens is 192 g/mol. The van der Waals surface area contributed by atoms with Crippen LogP contribution < -0.4 is 11.1 Å². The van der Waals surface area contributed by atoms with E-state index < -0.39 is 0 Å². The van der Waals surface area contributed by atoms with Gasteiger partial charge in [0.15, 0.2) is 0 Å². The van der Waals surface area contributed by atoms with E-state index in [1.165, 1.54) is 0 Å². The van der Waals surface area contributed by atoms with Gasteiger partial charge in [-0.2, -0.15) is 0 Å². The van der Waals surface area contributed by atoms with Gasteiger partial charge in [0.25, 0.3) is 0 Å². The van der Waals surface area contributed by atoms with E-state index in [0.717, 1.165) is 32.7 Å². The second kappa shape index (κ2) is 9.09. The van der Waals surface area contributed by atoms with Gasteiger partial charge in [-0.1, -0.05) is 13.8 Å². The number of hydrogen-bond acceptors (Lipinski definition) is 4. The van der Waals surface area contributed by atoms with E-state index in [1.54, 1.807) is 7.11 Å². The highest BCUT2D eigenvalue weighted by Gasteiger charge is 2.16. The summed E-state index contributed by atoms with van der Waals surface area (Å²) in [5.74, 6) is 0. The molecule has 0 amide bonds. The van der Waals surface area contributed by atoms with Crippen molar-refractivity contribution in [3.63, 3.8) is 0 Å². The fourth-order valence-electron chi connectivity index (χ4n) is 1.22. The molecule has 0 spiro atoms. The molecule has 3 N–H and O–H groups in total. The minimum Gasteiger partial charge on any atom is -0.385 e. The third-order valence-corrected chi connectivity index (χ3v) is 2.27. The first-order valence-corrected chi connectivity index (χ1v) is 5.60. The summed E-state index contributed by atoms with van der Waals surface area (Å²) in [6.07, 6.45) is 1.07. The van der Waals surface area contributed by atoms with Crippen molar-refractivity contribution in [1.29, 1.82) is 0 Å². The molecular formula is C11H26N2O2. The molecule has 0 aromatic heterocycles. The summed E-state index contributed by atoms with van der Waals surface area (Å²) in [5.41, 5.74) is 5.59. The summed E-state index contributed by atoms with van der Waals surface area (Å²) in [6, 6.07) is 0. The second-order valence-electron chi connectivity index (χ2n) is 4.48. The molecule has 0 saturated carbocycles. The third-order valence-electron chi connectivity index (χ3n) is 2.27. The molecule has 0 aliphatic rings. The Morgan fingerprint density at radius 1 is 1.20 bits per heavy atom. The Hall–Kier alpha value is -0.160. The molecule has 0 unspecified atom stereocenters. The molecule has 0 aliphatic carbocycles. The summed E-state index contributed by atoms with van der Waals surface area (Å²) in [5, 5.41) is 3.37. The molecule has 0 aromatic carbocycles. The number of methoxy groups -OCH3 is 1. The quantitative estimate of drug-likeness (QED) is 0.528. The summed E-state index contributed by atoms with van der Waals surface area (Å²) in [6.45, 7) is 9.14. The van der Waals surface area contributed by atoms with Crippen LogP contribution in [-0.2, 0) is 9.47 Å². The van der Waals surface area contributed by atoms with Crippen molar-refractivity contribution in [2.45, 2.75) is 20.3 Å². The smallest absolute Gasteiger partial charge is 0.0591 e. The van der Waals surface area contributed by atoms with Gasteiger partial charge in [-0.3, -0.25) is 0 Å². The van der Waals surface area contributed by atoms with Crippen LogP contribution in [0.15, 0.2) is 0 Å². The monoisotopic (exact) mass is 218 g/mol. The normalized spacial score (nSPS) is 12.0. The molecule has 0 radical (unpaired) electrons. The molecule has 0 aromatic rings. The molecule has 4 nitrogen and oxygen atoms in total. The molecule has 0 saturated heterocycles. The first-order valence-electron chi connectivity index (χ1n) is 5.60. The standard InChI is InChI=1S/C11H26N2O2/c1-11(2,4-7-14-3)10-13-6-9-15-8-5-12/h13H,4-10,12H2,1-3H3. The zero-order valence-corrected chi connectivity index (χ0v) is 10.3. The zero-order chi connectivity index (χ0) is 11.6. The van der Waals surface area contributed by atoms with Gasteiger partial charge in [-0.05, 0) is 11.8 Å². The van der Waals surface area contributed by atoms with Crippen LogP contribution in [0.5, 0.6) is 0 Å². The van der Waals surface area contributed by atoms with E-state index in [0.29, 0.717) is 13.2 Å². The highest BCUT2D eigenvalue weighted by atomic mass is 16.5. The molecule has 92 valence electrons. The van der Waals surface area contributed by atoms with E-state index in [1.807, 2.05) is 0 Å². The predicted octanol–water partition coefficient (Wildman–Crippen LogP) is 0.614. The minimum absolute atomic E-state index is 0.282. The Labute approximate surface area is 93.5 Å². The van der Waals surface area contributed by atoms with Gasteiger partial charge in [0.05, 0.1) is 13.2 Å². The summed E-state index contributed by atoms with van der Waals surface area (Å²) in [7, 11) is 1.74. The number of hydrogen-bond donors (Lipinski definition) is 2. The lowest BCUT2D eigenvalue weighted by molar-refractivity contribution is 0.132. The summed E-state index contributed by atoms with van der Waals surface area (Å²) in [4.78, 5) is 0. The largest absolute Gasteiger partial charge is 0.385 e. The van der Waals surface area contributed by atoms with E-state index in [4.69, 9.17) is 15.2 Å². The molecule has 0 rings (SSSR count). The van der Waals surface area contributed by atoms with Gasteiger partial charge < -0.3 is 20.5 Å². The van der Waals surface area contributed by atoms with E-state index in [9.17, 15) is 0 Å². The highest BCUT2D eigenvalue weighted by Crippen LogP contribution is 2.18. The van der Waals surface area contributed by atoms with Crippen molar-refractivity contribution in [2.24, 2.45) is 11.1 Å². The average Bonchev–Trinajstić information content (AvgIpc) is 2.20. The summed E-state index contributed by atoms with van der Waals surface area (Å²) < 4.78 is 10.3. The SMILES string of the molecule is COCCC(C)(C)CNCCOCCN. The van der Waals surface area contributed by atoms with Gasteiger partial charge in [0.2, 0.25) is 0 Å². The third kappa shape index (κ3) is 10.1. The van der Waals surface area contributed by atoms with Crippen molar-refractivity contribution in [3.8, 4) is 0 Å². The summed E-state index contributed by atoms with van der Waals surface area (Å²) >= 11 is 0. The molecule has 15 heavy (non-hydrogen) atoms. The van der Waals surface area contributed by atoms with Gasteiger partial charge in [-0.25, -0.2) is 0 Å². The first kappa shape index (κ1) is 14.8. The molecule has 0 bridgehead atoms. The van der Waals surface area contributed by atoms with Crippen LogP contribution in [0.2, 0.25) is 0 Å². The fraction of sp³-hybridized carbons (Fsp3) is 1.00. The van der Waals surface area contributed by atoms with Crippen molar-refractivity contribution in [1.82, 2.24) is 5.32 Å².